The fourth-order valence-corrected chi connectivity index (χ4v) is 3.31. The molecule has 1 unspecified atom stereocenters. The smallest absolute Gasteiger partial charge is 0.314 e. The highest BCUT2D eigenvalue weighted by molar-refractivity contribution is 6.31. The lowest BCUT2D eigenvalue weighted by atomic mass is 10.2. The van der Waals surface area contributed by atoms with Crippen LogP contribution in [0.5, 0.6) is 0 Å². The first kappa shape index (κ1) is 18.0. The highest BCUT2D eigenvalue weighted by Crippen LogP contribution is 2.25. The third-order valence-electron chi connectivity index (χ3n) is 4.61. The van der Waals surface area contributed by atoms with E-state index in [1.165, 1.54) is 24.4 Å². The SMILES string of the molecule is CC1Cn2ncc(-n3cc(C#N)cn3)c2CN1C(=O)Nc1ccc(F)c(Cl)c1. The molecule has 3 aromatic rings. The number of nitrogens with zero attached hydrogens (tertiary/aromatic N) is 6. The van der Waals surface area contributed by atoms with Gasteiger partial charge in [0.15, 0.2) is 0 Å². The molecular weight excluding hydrogens is 385 g/mol. The Morgan fingerprint density at radius 3 is 2.93 bits per heavy atom. The van der Waals surface area contributed by atoms with Crippen molar-refractivity contribution in [3.05, 3.63) is 58.9 Å². The minimum atomic E-state index is -0.546. The van der Waals surface area contributed by atoms with Crippen molar-refractivity contribution in [1.29, 1.82) is 5.26 Å². The largest absolute Gasteiger partial charge is 0.322 e. The summed E-state index contributed by atoms with van der Waals surface area (Å²) in [5, 5.41) is 20.2. The summed E-state index contributed by atoms with van der Waals surface area (Å²) in [5.74, 6) is -0.546. The number of hydrogen-bond acceptors (Lipinski definition) is 4. The number of nitriles is 1. The maximum atomic E-state index is 13.3. The van der Waals surface area contributed by atoms with Crippen molar-refractivity contribution < 1.29 is 9.18 Å². The van der Waals surface area contributed by atoms with E-state index in [1.54, 1.807) is 22.0 Å². The van der Waals surface area contributed by atoms with Gasteiger partial charge >= 0.3 is 6.03 Å². The lowest BCUT2D eigenvalue weighted by Crippen LogP contribution is -2.47. The molecule has 1 aliphatic rings. The van der Waals surface area contributed by atoms with E-state index in [2.05, 4.69) is 15.5 Å². The summed E-state index contributed by atoms with van der Waals surface area (Å²) < 4.78 is 16.7. The van der Waals surface area contributed by atoms with Gasteiger partial charge in [-0.05, 0) is 25.1 Å². The number of benzene rings is 1. The standard InChI is InChI=1S/C18H15ClFN7O/c1-11-8-26-17(16(7-23-26)27-9-12(5-21)6-22-27)10-25(11)18(28)24-13-2-3-15(20)14(19)4-13/h2-4,6-7,9,11H,8,10H2,1H3,(H,24,28). The average Bonchev–Trinajstić information content (AvgIpc) is 3.30. The van der Waals surface area contributed by atoms with Crippen molar-refractivity contribution in [2.24, 2.45) is 0 Å². The first-order valence-corrected chi connectivity index (χ1v) is 8.86. The maximum absolute atomic E-state index is 13.3. The van der Waals surface area contributed by atoms with Crippen molar-refractivity contribution in [3.63, 3.8) is 0 Å². The molecule has 28 heavy (non-hydrogen) atoms. The van der Waals surface area contributed by atoms with Crippen LogP contribution in [0.1, 0.15) is 18.2 Å². The van der Waals surface area contributed by atoms with Gasteiger partial charge in [0.05, 0.1) is 47.8 Å². The molecule has 3 heterocycles. The zero-order valence-electron chi connectivity index (χ0n) is 14.8. The number of aromatic nitrogens is 4. The zero-order valence-corrected chi connectivity index (χ0v) is 15.6. The van der Waals surface area contributed by atoms with Crippen LogP contribution in [0.25, 0.3) is 5.69 Å². The van der Waals surface area contributed by atoms with Crippen LogP contribution in [-0.4, -0.2) is 36.5 Å². The van der Waals surface area contributed by atoms with E-state index < -0.39 is 5.82 Å². The van der Waals surface area contributed by atoms with E-state index in [0.717, 1.165) is 5.69 Å². The van der Waals surface area contributed by atoms with Gasteiger partial charge in [-0.15, -0.1) is 0 Å². The summed E-state index contributed by atoms with van der Waals surface area (Å²) in [6, 6.07) is 5.63. The number of fused-ring (bicyclic) bond motifs is 1. The van der Waals surface area contributed by atoms with Gasteiger partial charge in [0, 0.05) is 11.9 Å². The molecule has 4 rings (SSSR count). The summed E-state index contributed by atoms with van der Waals surface area (Å²) in [7, 11) is 0. The predicted molar refractivity (Wildman–Crippen MR) is 99.5 cm³/mol. The third kappa shape index (κ3) is 3.18. The van der Waals surface area contributed by atoms with Crippen LogP contribution in [0.15, 0.2) is 36.8 Å². The normalized spacial score (nSPS) is 15.8. The van der Waals surface area contributed by atoms with Crippen molar-refractivity contribution in [1.82, 2.24) is 24.5 Å². The highest BCUT2D eigenvalue weighted by Gasteiger charge is 2.30. The highest BCUT2D eigenvalue weighted by atomic mass is 35.5. The summed E-state index contributed by atoms with van der Waals surface area (Å²) in [5.41, 5.74) is 2.36. The average molecular weight is 400 g/mol. The van der Waals surface area contributed by atoms with Gasteiger partial charge in [0.25, 0.3) is 0 Å². The van der Waals surface area contributed by atoms with Crippen molar-refractivity contribution in [2.45, 2.75) is 26.1 Å². The molecule has 1 N–H and O–H groups in total. The van der Waals surface area contributed by atoms with Crippen LogP contribution in [0.2, 0.25) is 5.02 Å². The minimum absolute atomic E-state index is 0.0585. The fourth-order valence-electron chi connectivity index (χ4n) is 3.13. The molecule has 2 aromatic heterocycles. The number of amides is 2. The van der Waals surface area contributed by atoms with E-state index in [-0.39, 0.29) is 17.1 Å². The molecule has 1 aliphatic heterocycles. The molecule has 0 saturated carbocycles. The van der Waals surface area contributed by atoms with Gasteiger partial charge < -0.3 is 10.2 Å². The third-order valence-corrected chi connectivity index (χ3v) is 4.90. The second-order valence-electron chi connectivity index (χ2n) is 6.48. The maximum Gasteiger partial charge on any atom is 0.322 e. The molecule has 0 saturated heterocycles. The lowest BCUT2D eigenvalue weighted by molar-refractivity contribution is 0.161. The topological polar surface area (TPSA) is 91.8 Å². The molecule has 1 aromatic carbocycles. The van der Waals surface area contributed by atoms with Crippen LogP contribution in [-0.2, 0) is 13.1 Å². The number of halogens is 2. The minimum Gasteiger partial charge on any atom is -0.314 e. The number of anilines is 1. The van der Waals surface area contributed by atoms with E-state index in [1.807, 2.05) is 17.7 Å². The number of urea groups is 1. The first-order valence-electron chi connectivity index (χ1n) is 8.48. The Hall–Kier alpha value is -3.38. The van der Waals surface area contributed by atoms with E-state index in [9.17, 15) is 9.18 Å². The summed E-state index contributed by atoms with van der Waals surface area (Å²) in [4.78, 5) is 14.4. The molecule has 8 nitrogen and oxygen atoms in total. The zero-order chi connectivity index (χ0) is 19.8. The molecule has 1 atom stereocenters. The summed E-state index contributed by atoms with van der Waals surface area (Å²) >= 11 is 5.78. The molecule has 0 radical (unpaired) electrons. The second-order valence-corrected chi connectivity index (χ2v) is 6.89. The Kier molecular flexibility index (Phi) is 4.49. The number of hydrogen-bond donors (Lipinski definition) is 1. The van der Waals surface area contributed by atoms with Crippen molar-refractivity contribution in [3.8, 4) is 11.8 Å². The van der Waals surface area contributed by atoms with Crippen molar-refractivity contribution in [2.75, 3.05) is 5.32 Å². The van der Waals surface area contributed by atoms with Gasteiger partial charge in [0.2, 0.25) is 0 Å². The van der Waals surface area contributed by atoms with Gasteiger partial charge in [-0.25, -0.2) is 13.9 Å². The van der Waals surface area contributed by atoms with Gasteiger partial charge in [-0.1, -0.05) is 11.6 Å². The van der Waals surface area contributed by atoms with E-state index in [0.29, 0.717) is 30.0 Å². The molecule has 0 bridgehead atoms. The van der Waals surface area contributed by atoms with E-state index in [4.69, 9.17) is 16.9 Å². The predicted octanol–water partition coefficient (Wildman–Crippen LogP) is 3.17. The quantitative estimate of drug-likeness (QED) is 0.716. The van der Waals surface area contributed by atoms with Crippen LogP contribution in [0, 0.1) is 17.1 Å². The lowest BCUT2D eigenvalue weighted by Gasteiger charge is -2.34. The Morgan fingerprint density at radius 2 is 2.21 bits per heavy atom. The number of nitrogens with one attached hydrogen (secondary N) is 1. The number of carbonyl (C=O) groups excluding carboxylic acids is 1. The Morgan fingerprint density at radius 1 is 1.39 bits per heavy atom. The second kappa shape index (κ2) is 6.98. The molecule has 0 aliphatic carbocycles. The van der Waals surface area contributed by atoms with E-state index >= 15 is 0 Å². The number of rotatable bonds is 2. The molecule has 0 spiro atoms. The fraction of sp³-hybridized carbons (Fsp3) is 0.222. The molecular formula is C18H15ClFN7O. The first-order chi connectivity index (χ1) is 13.5. The Balaban J connectivity index is 1.58. The molecule has 142 valence electrons. The Bertz CT molecular complexity index is 1100. The monoisotopic (exact) mass is 399 g/mol. The Labute approximate surface area is 164 Å². The van der Waals surface area contributed by atoms with Crippen LogP contribution >= 0.6 is 11.6 Å². The van der Waals surface area contributed by atoms with Crippen molar-refractivity contribution >= 4 is 23.3 Å². The molecule has 10 heteroatoms. The summed E-state index contributed by atoms with van der Waals surface area (Å²) in [6.07, 6.45) is 4.75. The van der Waals surface area contributed by atoms with Gasteiger partial charge in [0.1, 0.15) is 17.6 Å². The number of carbonyl (C=O) groups is 1. The summed E-state index contributed by atoms with van der Waals surface area (Å²) in [6.45, 7) is 2.74. The van der Waals surface area contributed by atoms with Crippen LogP contribution < -0.4 is 5.32 Å². The van der Waals surface area contributed by atoms with Crippen LogP contribution in [0.3, 0.4) is 0 Å². The van der Waals surface area contributed by atoms with Gasteiger partial charge in [-0.3, -0.25) is 4.68 Å². The molecule has 2 amide bonds. The van der Waals surface area contributed by atoms with Gasteiger partial charge in [-0.2, -0.15) is 15.5 Å². The molecule has 0 fully saturated rings. The van der Waals surface area contributed by atoms with Crippen LogP contribution in [0.4, 0.5) is 14.9 Å².